The van der Waals surface area contributed by atoms with Gasteiger partial charge in [-0.1, -0.05) is 55.5 Å². The van der Waals surface area contributed by atoms with E-state index in [1.54, 1.807) is 4.90 Å². The maximum absolute atomic E-state index is 12.0. The lowest BCUT2D eigenvalue weighted by Crippen LogP contribution is -2.32. The number of carbonyl (C=O) groups is 1. The third-order valence-electron chi connectivity index (χ3n) is 3.55. The fourth-order valence-corrected chi connectivity index (χ4v) is 2.32. The molecule has 0 aromatic heterocycles. The molecule has 0 bridgehead atoms. The van der Waals surface area contributed by atoms with E-state index < -0.39 is 0 Å². The highest BCUT2D eigenvalue weighted by atomic mass is 16.5. The monoisotopic (exact) mass is 297 g/mol. The van der Waals surface area contributed by atoms with Gasteiger partial charge in [-0.05, 0) is 23.6 Å². The van der Waals surface area contributed by atoms with Crippen LogP contribution in [0, 0.1) is 0 Å². The SMILES string of the molecule is CCCN(C)C(=O)COc1ccccc1Cc1ccccc1. The van der Waals surface area contributed by atoms with Crippen molar-refractivity contribution < 1.29 is 9.53 Å². The smallest absolute Gasteiger partial charge is 0.260 e. The number of para-hydroxylation sites is 1. The maximum atomic E-state index is 12.0. The van der Waals surface area contributed by atoms with Gasteiger partial charge < -0.3 is 9.64 Å². The van der Waals surface area contributed by atoms with E-state index in [2.05, 4.69) is 19.1 Å². The van der Waals surface area contributed by atoms with Crippen molar-refractivity contribution in [1.82, 2.24) is 4.90 Å². The first kappa shape index (κ1) is 16.1. The summed E-state index contributed by atoms with van der Waals surface area (Å²) in [6.07, 6.45) is 1.75. The first-order valence-corrected chi connectivity index (χ1v) is 7.69. The van der Waals surface area contributed by atoms with Crippen LogP contribution >= 0.6 is 0 Å². The van der Waals surface area contributed by atoms with Gasteiger partial charge in [0.05, 0.1) is 0 Å². The molecule has 0 unspecified atom stereocenters. The molecule has 0 saturated carbocycles. The lowest BCUT2D eigenvalue weighted by Gasteiger charge is -2.17. The number of rotatable bonds is 7. The summed E-state index contributed by atoms with van der Waals surface area (Å²) >= 11 is 0. The van der Waals surface area contributed by atoms with E-state index in [0.717, 1.165) is 30.7 Å². The Morgan fingerprint density at radius 2 is 1.73 bits per heavy atom. The number of carbonyl (C=O) groups excluding carboxylic acids is 1. The van der Waals surface area contributed by atoms with Crippen molar-refractivity contribution in [3.63, 3.8) is 0 Å². The van der Waals surface area contributed by atoms with E-state index in [4.69, 9.17) is 4.74 Å². The predicted molar refractivity (Wildman–Crippen MR) is 89.1 cm³/mol. The molecule has 0 N–H and O–H groups in total. The number of amides is 1. The van der Waals surface area contributed by atoms with Crippen molar-refractivity contribution in [3.8, 4) is 5.75 Å². The number of likely N-dealkylation sites (N-methyl/N-ethyl adjacent to an activating group) is 1. The third kappa shape index (κ3) is 4.62. The normalized spacial score (nSPS) is 10.3. The highest BCUT2D eigenvalue weighted by Gasteiger charge is 2.10. The van der Waals surface area contributed by atoms with E-state index in [1.807, 2.05) is 49.5 Å². The van der Waals surface area contributed by atoms with Crippen LogP contribution < -0.4 is 4.74 Å². The quantitative estimate of drug-likeness (QED) is 0.782. The molecule has 0 radical (unpaired) electrons. The number of hydrogen-bond donors (Lipinski definition) is 0. The van der Waals surface area contributed by atoms with Crippen LogP contribution in [0.3, 0.4) is 0 Å². The molecule has 3 nitrogen and oxygen atoms in total. The Morgan fingerprint density at radius 1 is 1.05 bits per heavy atom. The molecular weight excluding hydrogens is 274 g/mol. The van der Waals surface area contributed by atoms with Gasteiger partial charge in [0, 0.05) is 20.0 Å². The minimum atomic E-state index is 0.0105. The molecule has 2 aromatic carbocycles. The molecule has 22 heavy (non-hydrogen) atoms. The van der Waals surface area contributed by atoms with Gasteiger partial charge in [0.25, 0.3) is 5.91 Å². The molecule has 1 amide bonds. The van der Waals surface area contributed by atoms with E-state index in [1.165, 1.54) is 5.56 Å². The molecule has 0 aliphatic carbocycles. The first-order valence-electron chi connectivity index (χ1n) is 7.69. The van der Waals surface area contributed by atoms with E-state index in [0.29, 0.717) is 0 Å². The zero-order chi connectivity index (χ0) is 15.8. The largest absolute Gasteiger partial charge is 0.483 e. The van der Waals surface area contributed by atoms with Gasteiger partial charge in [-0.25, -0.2) is 0 Å². The van der Waals surface area contributed by atoms with E-state index >= 15 is 0 Å². The van der Waals surface area contributed by atoms with Gasteiger partial charge in [-0.15, -0.1) is 0 Å². The van der Waals surface area contributed by atoms with Crippen LogP contribution in [-0.4, -0.2) is 31.0 Å². The molecule has 2 rings (SSSR count). The van der Waals surface area contributed by atoms with Gasteiger partial charge in [-0.3, -0.25) is 4.79 Å². The highest BCUT2D eigenvalue weighted by molar-refractivity contribution is 5.77. The Morgan fingerprint density at radius 3 is 2.45 bits per heavy atom. The Balaban J connectivity index is 2.01. The lowest BCUT2D eigenvalue weighted by molar-refractivity contribution is -0.132. The van der Waals surface area contributed by atoms with E-state index in [-0.39, 0.29) is 12.5 Å². The van der Waals surface area contributed by atoms with Crippen LogP contribution in [0.5, 0.6) is 5.75 Å². The minimum absolute atomic E-state index is 0.0105. The molecule has 0 fully saturated rings. The predicted octanol–water partition coefficient (Wildman–Crippen LogP) is 3.52. The highest BCUT2D eigenvalue weighted by Crippen LogP contribution is 2.21. The third-order valence-corrected chi connectivity index (χ3v) is 3.55. The summed E-state index contributed by atoms with van der Waals surface area (Å²) < 4.78 is 5.75. The number of hydrogen-bond acceptors (Lipinski definition) is 2. The van der Waals surface area contributed by atoms with Crippen LogP contribution in [0.2, 0.25) is 0 Å². The molecule has 0 aliphatic heterocycles. The zero-order valence-electron chi connectivity index (χ0n) is 13.3. The van der Waals surface area contributed by atoms with Crippen molar-refractivity contribution in [3.05, 3.63) is 65.7 Å². The Labute approximate surface area is 132 Å². The van der Waals surface area contributed by atoms with E-state index in [9.17, 15) is 4.79 Å². The molecule has 0 saturated heterocycles. The summed E-state index contributed by atoms with van der Waals surface area (Å²) in [7, 11) is 1.81. The summed E-state index contributed by atoms with van der Waals surface area (Å²) in [6.45, 7) is 2.90. The summed E-state index contributed by atoms with van der Waals surface area (Å²) in [6, 6.07) is 18.2. The number of benzene rings is 2. The number of nitrogens with zero attached hydrogens (tertiary/aromatic N) is 1. The Hall–Kier alpha value is -2.29. The molecule has 0 heterocycles. The second-order valence-electron chi connectivity index (χ2n) is 5.37. The van der Waals surface area contributed by atoms with Crippen LogP contribution in [0.4, 0.5) is 0 Å². The lowest BCUT2D eigenvalue weighted by atomic mass is 10.0. The molecule has 0 atom stereocenters. The van der Waals surface area contributed by atoms with Crippen molar-refractivity contribution >= 4 is 5.91 Å². The van der Waals surface area contributed by atoms with Crippen molar-refractivity contribution in [2.45, 2.75) is 19.8 Å². The summed E-state index contributed by atoms with van der Waals surface area (Å²) in [5, 5.41) is 0. The maximum Gasteiger partial charge on any atom is 0.260 e. The van der Waals surface area contributed by atoms with Gasteiger partial charge >= 0.3 is 0 Å². The summed E-state index contributed by atoms with van der Waals surface area (Å²) in [4.78, 5) is 13.7. The molecular formula is C19H23NO2. The summed E-state index contributed by atoms with van der Waals surface area (Å²) in [5.41, 5.74) is 2.33. The molecule has 3 heteroatoms. The average Bonchev–Trinajstić information content (AvgIpc) is 2.55. The minimum Gasteiger partial charge on any atom is -0.483 e. The topological polar surface area (TPSA) is 29.5 Å². The Bertz CT molecular complexity index is 595. The number of ether oxygens (including phenoxy) is 1. The van der Waals surface area contributed by atoms with Gasteiger partial charge in [0.1, 0.15) is 5.75 Å². The Kier molecular flexibility index (Phi) is 6.01. The second-order valence-corrected chi connectivity index (χ2v) is 5.37. The van der Waals surface area contributed by atoms with Crippen molar-refractivity contribution in [2.75, 3.05) is 20.2 Å². The first-order chi connectivity index (χ1) is 10.7. The van der Waals surface area contributed by atoms with Gasteiger partial charge in [0.2, 0.25) is 0 Å². The van der Waals surface area contributed by atoms with Gasteiger partial charge in [0.15, 0.2) is 6.61 Å². The van der Waals surface area contributed by atoms with Crippen LogP contribution in [0.25, 0.3) is 0 Å². The van der Waals surface area contributed by atoms with Crippen molar-refractivity contribution in [2.24, 2.45) is 0 Å². The van der Waals surface area contributed by atoms with Crippen LogP contribution in [0.1, 0.15) is 24.5 Å². The average molecular weight is 297 g/mol. The standard InChI is InChI=1S/C19H23NO2/c1-3-13-20(2)19(21)15-22-18-12-8-7-11-17(18)14-16-9-5-4-6-10-16/h4-12H,3,13-15H2,1-2H3. The molecule has 0 aliphatic rings. The zero-order valence-corrected chi connectivity index (χ0v) is 13.3. The fourth-order valence-electron chi connectivity index (χ4n) is 2.32. The van der Waals surface area contributed by atoms with Crippen LogP contribution in [-0.2, 0) is 11.2 Å². The van der Waals surface area contributed by atoms with Gasteiger partial charge in [-0.2, -0.15) is 0 Å². The summed E-state index contributed by atoms with van der Waals surface area (Å²) in [5.74, 6) is 0.793. The molecule has 0 spiro atoms. The van der Waals surface area contributed by atoms with Crippen molar-refractivity contribution in [1.29, 1.82) is 0 Å². The fraction of sp³-hybridized carbons (Fsp3) is 0.316. The van der Waals surface area contributed by atoms with Crippen LogP contribution in [0.15, 0.2) is 54.6 Å². The second kappa shape index (κ2) is 8.23. The molecule has 2 aromatic rings. The molecule has 116 valence electrons.